The van der Waals surface area contributed by atoms with Crippen LogP contribution in [0.2, 0.25) is 0 Å². The van der Waals surface area contributed by atoms with E-state index in [-0.39, 0.29) is 0 Å². The van der Waals surface area contributed by atoms with Gasteiger partial charge in [-0.15, -0.1) is 11.3 Å². The van der Waals surface area contributed by atoms with E-state index in [9.17, 15) is 0 Å². The van der Waals surface area contributed by atoms with Gasteiger partial charge in [-0.25, -0.2) is 4.98 Å². The summed E-state index contributed by atoms with van der Waals surface area (Å²) >= 11 is 1.82. The van der Waals surface area contributed by atoms with Crippen LogP contribution in [0.4, 0.5) is 0 Å². The highest BCUT2D eigenvalue weighted by Gasteiger charge is 2.31. The third-order valence-electron chi connectivity index (χ3n) is 2.37. The molecule has 0 spiro atoms. The molecule has 66 valence electrons. The van der Waals surface area contributed by atoms with Gasteiger partial charge in [0, 0.05) is 24.2 Å². The summed E-state index contributed by atoms with van der Waals surface area (Å²) in [6, 6.07) is 0. The van der Waals surface area contributed by atoms with Crippen molar-refractivity contribution in [2.75, 3.05) is 13.1 Å². The molecule has 1 aromatic rings. The Labute approximate surface area is 77.0 Å². The van der Waals surface area contributed by atoms with Crippen molar-refractivity contribution in [2.45, 2.75) is 20.3 Å². The molecule has 0 aromatic carbocycles. The van der Waals surface area contributed by atoms with E-state index in [2.05, 4.69) is 24.1 Å². The summed E-state index contributed by atoms with van der Waals surface area (Å²) in [6.45, 7) is 6.71. The van der Waals surface area contributed by atoms with Gasteiger partial charge in [-0.3, -0.25) is 0 Å². The second kappa shape index (κ2) is 2.82. The van der Waals surface area contributed by atoms with Crippen molar-refractivity contribution in [2.24, 2.45) is 5.41 Å². The molecule has 12 heavy (non-hydrogen) atoms. The van der Waals surface area contributed by atoms with E-state index in [0.29, 0.717) is 5.41 Å². The second-order valence-electron chi connectivity index (χ2n) is 3.94. The van der Waals surface area contributed by atoms with Gasteiger partial charge in [0.05, 0.1) is 5.01 Å². The van der Waals surface area contributed by atoms with E-state index < -0.39 is 0 Å². The zero-order chi connectivity index (χ0) is 8.60. The lowest BCUT2D eigenvalue weighted by atomic mass is 9.80. The van der Waals surface area contributed by atoms with Crippen molar-refractivity contribution in [3.05, 3.63) is 16.1 Å². The van der Waals surface area contributed by atoms with Crippen molar-refractivity contribution < 1.29 is 0 Å². The van der Waals surface area contributed by atoms with Gasteiger partial charge in [-0.1, -0.05) is 6.92 Å². The maximum atomic E-state index is 4.26. The Hall–Kier alpha value is -0.410. The Kier molecular flexibility index (Phi) is 1.93. The van der Waals surface area contributed by atoms with Crippen LogP contribution in [0, 0.1) is 12.3 Å². The highest BCUT2D eigenvalue weighted by atomic mass is 32.1. The predicted octanol–water partition coefficient (Wildman–Crippen LogP) is 1.60. The van der Waals surface area contributed by atoms with Crippen LogP contribution in [-0.2, 0) is 6.42 Å². The van der Waals surface area contributed by atoms with Gasteiger partial charge >= 0.3 is 0 Å². The molecule has 2 rings (SSSR count). The van der Waals surface area contributed by atoms with Gasteiger partial charge in [0.25, 0.3) is 0 Å². The largest absolute Gasteiger partial charge is 0.316 e. The van der Waals surface area contributed by atoms with Crippen molar-refractivity contribution in [1.82, 2.24) is 10.3 Å². The van der Waals surface area contributed by atoms with E-state index in [4.69, 9.17) is 0 Å². The summed E-state index contributed by atoms with van der Waals surface area (Å²) in [5.41, 5.74) is 0.499. The summed E-state index contributed by atoms with van der Waals surface area (Å²) in [5, 5.41) is 4.49. The van der Waals surface area contributed by atoms with Crippen LogP contribution in [0.3, 0.4) is 0 Å². The van der Waals surface area contributed by atoms with Crippen molar-refractivity contribution in [3.63, 3.8) is 0 Å². The van der Waals surface area contributed by atoms with Gasteiger partial charge in [0.15, 0.2) is 0 Å². The third kappa shape index (κ3) is 1.52. The minimum absolute atomic E-state index is 0.499. The first-order valence-corrected chi connectivity index (χ1v) is 5.12. The van der Waals surface area contributed by atoms with Crippen molar-refractivity contribution in [1.29, 1.82) is 0 Å². The first-order valence-electron chi connectivity index (χ1n) is 4.30. The van der Waals surface area contributed by atoms with Crippen LogP contribution in [0.25, 0.3) is 0 Å². The molecule has 0 bridgehead atoms. The number of rotatable bonds is 2. The van der Waals surface area contributed by atoms with Crippen LogP contribution < -0.4 is 5.32 Å². The lowest BCUT2D eigenvalue weighted by molar-refractivity contribution is 0.197. The van der Waals surface area contributed by atoms with Crippen LogP contribution >= 0.6 is 11.3 Å². The summed E-state index contributed by atoms with van der Waals surface area (Å²) in [6.07, 6.45) is 3.20. The fraction of sp³-hybridized carbons (Fsp3) is 0.667. The summed E-state index contributed by atoms with van der Waals surface area (Å²) < 4.78 is 0. The van der Waals surface area contributed by atoms with Crippen LogP contribution in [0.1, 0.15) is 16.8 Å². The molecule has 1 N–H and O–H groups in total. The summed E-state index contributed by atoms with van der Waals surface area (Å²) in [4.78, 5) is 5.68. The number of aromatic nitrogens is 1. The number of hydrogen-bond donors (Lipinski definition) is 1. The zero-order valence-corrected chi connectivity index (χ0v) is 8.37. The Morgan fingerprint density at radius 2 is 2.42 bits per heavy atom. The molecule has 1 fully saturated rings. The number of hydrogen-bond acceptors (Lipinski definition) is 3. The monoisotopic (exact) mass is 182 g/mol. The lowest BCUT2D eigenvalue weighted by Gasteiger charge is -2.39. The Balaban J connectivity index is 2.03. The smallest absolute Gasteiger partial charge is 0.0896 e. The molecule has 2 heterocycles. The molecule has 1 aliphatic heterocycles. The highest BCUT2D eigenvalue weighted by molar-refractivity contribution is 7.11. The molecular weight excluding hydrogens is 168 g/mol. The predicted molar refractivity (Wildman–Crippen MR) is 51.5 cm³/mol. The quantitative estimate of drug-likeness (QED) is 0.751. The minimum Gasteiger partial charge on any atom is -0.316 e. The molecule has 0 radical (unpaired) electrons. The minimum atomic E-state index is 0.499. The topological polar surface area (TPSA) is 24.9 Å². The standard InChI is InChI=1S/C9H14N2S/c1-7-11-4-8(12-7)3-9(2)5-10-6-9/h4,10H,3,5-6H2,1-2H3. The van der Waals surface area contributed by atoms with Crippen LogP contribution in [-0.4, -0.2) is 18.1 Å². The van der Waals surface area contributed by atoms with E-state index in [1.165, 1.54) is 16.3 Å². The molecule has 0 amide bonds. The Bertz CT molecular complexity index is 276. The molecule has 1 aromatic heterocycles. The molecular formula is C9H14N2S. The Morgan fingerprint density at radius 1 is 1.67 bits per heavy atom. The fourth-order valence-corrected chi connectivity index (χ4v) is 2.60. The summed E-state index contributed by atoms with van der Waals surface area (Å²) in [5.74, 6) is 0. The second-order valence-corrected chi connectivity index (χ2v) is 5.26. The average molecular weight is 182 g/mol. The van der Waals surface area contributed by atoms with Crippen molar-refractivity contribution in [3.8, 4) is 0 Å². The number of aryl methyl sites for hydroxylation is 1. The van der Waals surface area contributed by atoms with Gasteiger partial charge in [-0.2, -0.15) is 0 Å². The van der Waals surface area contributed by atoms with Crippen LogP contribution in [0.15, 0.2) is 6.20 Å². The van der Waals surface area contributed by atoms with E-state index in [1.54, 1.807) is 0 Å². The molecule has 3 heteroatoms. The number of thiazole rings is 1. The maximum Gasteiger partial charge on any atom is 0.0896 e. The lowest BCUT2D eigenvalue weighted by Crippen LogP contribution is -2.52. The molecule has 1 saturated heterocycles. The van der Waals surface area contributed by atoms with Gasteiger partial charge in [0.1, 0.15) is 0 Å². The molecule has 1 aliphatic rings. The first-order chi connectivity index (χ1) is 5.68. The summed E-state index contributed by atoms with van der Waals surface area (Å²) in [7, 11) is 0. The molecule has 0 unspecified atom stereocenters. The normalized spacial score (nSPS) is 20.5. The van der Waals surface area contributed by atoms with E-state index in [1.807, 2.05) is 17.5 Å². The molecule has 2 nitrogen and oxygen atoms in total. The van der Waals surface area contributed by atoms with Crippen LogP contribution in [0.5, 0.6) is 0 Å². The number of nitrogens with zero attached hydrogens (tertiary/aromatic N) is 1. The van der Waals surface area contributed by atoms with Gasteiger partial charge in [-0.05, 0) is 18.8 Å². The van der Waals surface area contributed by atoms with E-state index >= 15 is 0 Å². The molecule has 0 aliphatic carbocycles. The maximum absolute atomic E-state index is 4.26. The third-order valence-corrected chi connectivity index (χ3v) is 3.29. The SMILES string of the molecule is Cc1ncc(CC2(C)CNC2)s1. The molecule has 0 saturated carbocycles. The van der Waals surface area contributed by atoms with E-state index in [0.717, 1.165) is 13.1 Å². The zero-order valence-electron chi connectivity index (χ0n) is 7.55. The number of nitrogens with one attached hydrogen (secondary N) is 1. The highest BCUT2D eigenvalue weighted by Crippen LogP contribution is 2.28. The Morgan fingerprint density at radius 3 is 2.83 bits per heavy atom. The fourth-order valence-electron chi connectivity index (χ4n) is 1.58. The van der Waals surface area contributed by atoms with Gasteiger partial charge < -0.3 is 5.32 Å². The van der Waals surface area contributed by atoms with Gasteiger partial charge in [0.2, 0.25) is 0 Å². The average Bonchev–Trinajstić information content (AvgIpc) is 2.32. The molecule has 0 atom stereocenters. The van der Waals surface area contributed by atoms with Crippen molar-refractivity contribution >= 4 is 11.3 Å². The first kappa shape index (κ1) is 8.20.